The van der Waals surface area contributed by atoms with Crippen molar-refractivity contribution in [3.8, 4) is 5.75 Å². The molecule has 0 bridgehead atoms. The highest BCUT2D eigenvalue weighted by Gasteiger charge is 2.35. The van der Waals surface area contributed by atoms with Gasteiger partial charge in [-0.05, 0) is 71.6 Å². The minimum absolute atomic E-state index is 0.144. The van der Waals surface area contributed by atoms with E-state index in [1.165, 1.54) is 0 Å². The fourth-order valence-electron chi connectivity index (χ4n) is 3.18. The number of amides is 2. The summed E-state index contributed by atoms with van der Waals surface area (Å²) in [5.41, 5.74) is 0.386. The van der Waals surface area contributed by atoms with Crippen LogP contribution in [-0.2, 0) is 9.53 Å². The number of carbonyl (C=O) groups is 2. The van der Waals surface area contributed by atoms with Gasteiger partial charge in [-0.15, -0.1) is 0 Å². The molecular formula is C21H32N2O4. The summed E-state index contributed by atoms with van der Waals surface area (Å²) in [6.45, 7) is 10.5. The van der Waals surface area contributed by atoms with Crippen molar-refractivity contribution in [1.82, 2.24) is 10.2 Å². The molecule has 6 heteroatoms. The highest BCUT2D eigenvalue weighted by Crippen LogP contribution is 2.23. The number of hydrogen-bond donors (Lipinski definition) is 1. The van der Waals surface area contributed by atoms with Gasteiger partial charge in [-0.1, -0.05) is 12.1 Å². The Balaban J connectivity index is 2.05. The minimum atomic E-state index is -0.581. The van der Waals surface area contributed by atoms with E-state index in [0.717, 1.165) is 24.2 Å². The van der Waals surface area contributed by atoms with Crippen LogP contribution in [0.3, 0.4) is 0 Å². The van der Waals surface area contributed by atoms with Crippen molar-refractivity contribution >= 4 is 12.0 Å². The lowest BCUT2D eigenvalue weighted by Crippen LogP contribution is -2.53. The smallest absolute Gasteiger partial charge is 0.410 e. The second kappa shape index (κ2) is 9.11. The summed E-state index contributed by atoms with van der Waals surface area (Å²) in [7, 11) is 0. The van der Waals surface area contributed by atoms with Gasteiger partial charge in [0.1, 0.15) is 17.4 Å². The van der Waals surface area contributed by atoms with Gasteiger partial charge in [0, 0.05) is 6.54 Å². The first-order valence-corrected chi connectivity index (χ1v) is 9.74. The monoisotopic (exact) mass is 376 g/mol. The van der Waals surface area contributed by atoms with Crippen LogP contribution in [0.25, 0.3) is 0 Å². The predicted octanol–water partition coefficient (Wildman–Crippen LogP) is 4.05. The van der Waals surface area contributed by atoms with E-state index >= 15 is 0 Å². The maximum absolute atomic E-state index is 12.9. The first-order chi connectivity index (χ1) is 12.7. The molecule has 0 unspecified atom stereocenters. The second-order valence-electron chi connectivity index (χ2n) is 7.92. The van der Waals surface area contributed by atoms with Gasteiger partial charge < -0.3 is 14.8 Å². The minimum Gasteiger partial charge on any atom is -0.494 e. The van der Waals surface area contributed by atoms with Gasteiger partial charge in [-0.25, -0.2) is 4.79 Å². The lowest BCUT2D eigenvalue weighted by molar-refractivity contribution is -0.128. The Morgan fingerprint density at radius 2 is 2.04 bits per heavy atom. The molecule has 1 aromatic carbocycles. The molecule has 150 valence electrons. The number of ether oxygens (including phenoxy) is 2. The second-order valence-corrected chi connectivity index (χ2v) is 7.92. The van der Waals surface area contributed by atoms with E-state index < -0.39 is 17.7 Å². The Bertz CT molecular complexity index is 654. The SMILES string of the molecule is CCOc1cccc([C@@H](C)NC(=O)[C@@H]2CCCCN2C(=O)OC(C)(C)C)c1. The number of benzene rings is 1. The topological polar surface area (TPSA) is 67.9 Å². The normalized spacial score (nSPS) is 18.6. The third-order valence-electron chi connectivity index (χ3n) is 4.46. The zero-order chi connectivity index (χ0) is 20.0. The van der Waals surface area contributed by atoms with Crippen molar-refractivity contribution in [1.29, 1.82) is 0 Å². The summed E-state index contributed by atoms with van der Waals surface area (Å²) >= 11 is 0. The van der Waals surface area contributed by atoms with E-state index in [1.54, 1.807) is 4.90 Å². The Morgan fingerprint density at radius 1 is 1.30 bits per heavy atom. The summed E-state index contributed by atoms with van der Waals surface area (Å²) in [6, 6.07) is 7.02. The molecule has 0 radical (unpaired) electrons. The molecule has 2 rings (SSSR count). The Kier molecular flexibility index (Phi) is 7.11. The van der Waals surface area contributed by atoms with E-state index in [2.05, 4.69) is 5.32 Å². The predicted molar refractivity (Wildman–Crippen MR) is 105 cm³/mol. The average Bonchev–Trinajstić information content (AvgIpc) is 2.60. The fraction of sp³-hybridized carbons (Fsp3) is 0.619. The van der Waals surface area contributed by atoms with Gasteiger partial charge in [-0.3, -0.25) is 9.69 Å². The first-order valence-electron chi connectivity index (χ1n) is 9.74. The number of likely N-dealkylation sites (tertiary alicyclic amines) is 1. The molecule has 1 aromatic rings. The van der Waals surface area contributed by atoms with Gasteiger partial charge >= 0.3 is 6.09 Å². The molecule has 27 heavy (non-hydrogen) atoms. The number of carbonyl (C=O) groups excluding carboxylic acids is 2. The van der Waals surface area contributed by atoms with E-state index in [4.69, 9.17) is 9.47 Å². The fourth-order valence-corrected chi connectivity index (χ4v) is 3.18. The zero-order valence-electron chi connectivity index (χ0n) is 17.1. The lowest BCUT2D eigenvalue weighted by atomic mass is 10.0. The van der Waals surface area contributed by atoms with Gasteiger partial charge in [0.15, 0.2) is 0 Å². The Morgan fingerprint density at radius 3 is 2.70 bits per heavy atom. The van der Waals surface area contributed by atoms with Crippen molar-refractivity contribution in [3.63, 3.8) is 0 Å². The largest absolute Gasteiger partial charge is 0.494 e. The van der Waals surface area contributed by atoms with Crippen LogP contribution in [0.15, 0.2) is 24.3 Å². The van der Waals surface area contributed by atoms with E-state index in [9.17, 15) is 9.59 Å². The van der Waals surface area contributed by atoms with E-state index in [-0.39, 0.29) is 11.9 Å². The number of piperidine rings is 1. The van der Waals surface area contributed by atoms with Crippen LogP contribution < -0.4 is 10.1 Å². The van der Waals surface area contributed by atoms with Crippen molar-refractivity contribution in [2.45, 2.75) is 71.6 Å². The van der Waals surface area contributed by atoms with Gasteiger partial charge in [0.2, 0.25) is 5.91 Å². The average molecular weight is 376 g/mol. The Hall–Kier alpha value is -2.24. The molecule has 1 fully saturated rings. The van der Waals surface area contributed by atoms with Crippen molar-refractivity contribution in [2.24, 2.45) is 0 Å². The van der Waals surface area contributed by atoms with Crippen molar-refractivity contribution in [3.05, 3.63) is 29.8 Å². The molecule has 0 spiro atoms. The summed E-state index contributed by atoms with van der Waals surface area (Å²) in [4.78, 5) is 27.0. The van der Waals surface area contributed by atoms with Gasteiger partial charge in [0.25, 0.3) is 0 Å². The molecule has 0 aromatic heterocycles. The number of nitrogens with zero attached hydrogens (tertiary/aromatic N) is 1. The zero-order valence-corrected chi connectivity index (χ0v) is 17.1. The molecule has 1 aliphatic heterocycles. The van der Waals surface area contributed by atoms with E-state index in [0.29, 0.717) is 19.6 Å². The molecule has 2 atom stereocenters. The molecule has 2 amide bonds. The van der Waals surface area contributed by atoms with Crippen LogP contribution >= 0.6 is 0 Å². The van der Waals surface area contributed by atoms with Crippen LogP contribution in [0.1, 0.15) is 65.5 Å². The highest BCUT2D eigenvalue weighted by atomic mass is 16.6. The third-order valence-corrected chi connectivity index (χ3v) is 4.46. The van der Waals surface area contributed by atoms with Crippen LogP contribution in [0.2, 0.25) is 0 Å². The molecule has 1 heterocycles. The quantitative estimate of drug-likeness (QED) is 0.842. The molecule has 1 N–H and O–H groups in total. The van der Waals surface area contributed by atoms with Gasteiger partial charge in [0.05, 0.1) is 12.6 Å². The molecule has 1 aliphatic rings. The molecule has 0 saturated carbocycles. The number of hydrogen-bond acceptors (Lipinski definition) is 4. The number of nitrogens with one attached hydrogen (secondary N) is 1. The van der Waals surface area contributed by atoms with Crippen LogP contribution in [0.5, 0.6) is 5.75 Å². The van der Waals surface area contributed by atoms with Crippen molar-refractivity contribution in [2.75, 3.05) is 13.2 Å². The molecular weight excluding hydrogens is 344 g/mol. The molecule has 6 nitrogen and oxygen atoms in total. The van der Waals surface area contributed by atoms with Crippen LogP contribution in [0, 0.1) is 0 Å². The van der Waals surface area contributed by atoms with E-state index in [1.807, 2.05) is 58.9 Å². The third kappa shape index (κ3) is 6.15. The van der Waals surface area contributed by atoms with Crippen molar-refractivity contribution < 1.29 is 19.1 Å². The summed E-state index contributed by atoms with van der Waals surface area (Å²) in [5, 5.41) is 3.04. The van der Waals surface area contributed by atoms with Crippen LogP contribution in [0.4, 0.5) is 4.79 Å². The lowest BCUT2D eigenvalue weighted by Gasteiger charge is -2.36. The maximum atomic E-state index is 12.9. The van der Waals surface area contributed by atoms with Crippen LogP contribution in [-0.4, -0.2) is 41.7 Å². The summed E-state index contributed by atoms with van der Waals surface area (Å²) < 4.78 is 11.0. The standard InChI is InChI=1S/C21H32N2O4/c1-6-26-17-11-9-10-16(14-17)15(2)22-19(24)18-12-7-8-13-23(18)20(25)27-21(3,4)5/h9-11,14-15,18H,6-8,12-13H2,1-5H3,(H,22,24)/t15-,18+/m1/s1. The number of rotatable bonds is 5. The first kappa shape index (κ1) is 21.1. The molecule has 0 aliphatic carbocycles. The maximum Gasteiger partial charge on any atom is 0.410 e. The highest BCUT2D eigenvalue weighted by molar-refractivity contribution is 5.86. The molecule has 1 saturated heterocycles. The summed E-state index contributed by atoms with van der Waals surface area (Å²) in [6.07, 6.45) is 2.03. The summed E-state index contributed by atoms with van der Waals surface area (Å²) in [5.74, 6) is 0.638. The Labute approximate surface area is 162 Å². The van der Waals surface area contributed by atoms with Gasteiger partial charge in [-0.2, -0.15) is 0 Å².